The number of amides is 1. The van der Waals surface area contributed by atoms with Crippen LogP contribution in [0, 0.1) is 6.92 Å². The molecule has 2 aromatic heterocycles. The smallest absolute Gasteiger partial charge is 0.236 e. The summed E-state index contributed by atoms with van der Waals surface area (Å²) in [6.45, 7) is 6.38. The van der Waals surface area contributed by atoms with E-state index in [1.54, 1.807) is 4.68 Å². The number of allylic oxidation sites excluding steroid dienone is 1. The largest absolute Gasteiger partial charge is 0.315 e. The van der Waals surface area contributed by atoms with Gasteiger partial charge in [0.05, 0.1) is 28.2 Å². The molecule has 2 aromatic carbocycles. The second-order valence-corrected chi connectivity index (χ2v) is 7.48. The molecule has 6 nitrogen and oxygen atoms in total. The zero-order valence-corrected chi connectivity index (χ0v) is 16.9. The molecule has 0 radical (unpaired) electrons. The molecule has 0 fully saturated rings. The lowest BCUT2D eigenvalue weighted by molar-refractivity contribution is -0.113. The van der Waals surface area contributed by atoms with Crippen LogP contribution in [0.5, 0.6) is 0 Å². The summed E-state index contributed by atoms with van der Waals surface area (Å²) in [6.07, 6.45) is 1.83. The summed E-state index contributed by atoms with van der Waals surface area (Å²) in [5.74, 6) is 0.794. The highest BCUT2D eigenvalue weighted by Gasteiger charge is 2.14. The van der Waals surface area contributed by atoms with Crippen LogP contribution in [0.25, 0.3) is 16.7 Å². The average Bonchev–Trinajstić information content (AvgIpc) is 3.27. The summed E-state index contributed by atoms with van der Waals surface area (Å²) in [5, 5.41) is 8.26. The van der Waals surface area contributed by atoms with Gasteiger partial charge in [-0.3, -0.25) is 4.79 Å². The molecule has 0 saturated carbocycles. The summed E-state index contributed by atoms with van der Waals surface area (Å²) in [4.78, 5) is 17.3. The van der Waals surface area contributed by atoms with Crippen LogP contribution in [0.3, 0.4) is 0 Å². The van der Waals surface area contributed by atoms with Gasteiger partial charge in [-0.2, -0.15) is 5.10 Å². The van der Waals surface area contributed by atoms with Crippen LogP contribution < -0.4 is 5.32 Å². The molecule has 0 aliphatic heterocycles. The molecular weight excluding hydrogens is 382 g/mol. The second kappa shape index (κ2) is 8.36. The van der Waals surface area contributed by atoms with Gasteiger partial charge in [-0.25, -0.2) is 9.67 Å². The maximum atomic E-state index is 12.6. The van der Waals surface area contributed by atoms with E-state index in [9.17, 15) is 4.79 Å². The minimum Gasteiger partial charge on any atom is -0.315 e. The highest BCUT2D eigenvalue weighted by Crippen LogP contribution is 2.24. The fourth-order valence-electron chi connectivity index (χ4n) is 3.13. The number of imidazole rings is 1. The van der Waals surface area contributed by atoms with Crippen LogP contribution in [-0.2, 0) is 11.3 Å². The van der Waals surface area contributed by atoms with Gasteiger partial charge in [-0.05, 0) is 31.2 Å². The Morgan fingerprint density at radius 2 is 1.93 bits per heavy atom. The Morgan fingerprint density at radius 3 is 2.72 bits per heavy atom. The molecule has 0 saturated heterocycles. The molecular formula is C22H21N5OS. The van der Waals surface area contributed by atoms with Gasteiger partial charge in [0.2, 0.25) is 5.91 Å². The molecule has 29 heavy (non-hydrogen) atoms. The van der Waals surface area contributed by atoms with Crippen LogP contribution in [0.4, 0.5) is 5.82 Å². The first-order chi connectivity index (χ1) is 14.2. The number of hydrogen-bond acceptors (Lipinski definition) is 4. The number of benzene rings is 2. The number of nitrogens with one attached hydrogen (secondary N) is 1. The summed E-state index contributed by atoms with van der Waals surface area (Å²) in [7, 11) is 0. The predicted octanol–water partition coefficient (Wildman–Crippen LogP) is 4.45. The number of rotatable bonds is 7. The fraction of sp³-hybridized carbons (Fsp3) is 0.136. The molecule has 7 heteroatoms. The molecule has 4 aromatic rings. The van der Waals surface area contributed by atoms with Crippen LogP contribution in [0.15, 0.2) is 78.5 Å². The molecule has 4 rings (SSSR count). The lowest BCUT2D eigenvalue weighted by Gasteiger charge is -2.09. The molecule has 0 aliphatic carbocycles. The van der Waals surface area contributed by atoms with Gasteiger partial charge in [-0.15, -0.1) is 6.58 Å². The minimum absolute atomic E-state index is 0.107. The highest BCUT2D eigenvalue weighted by molar-refractivity contribution is 7.99. The molecule has 0 spiro atoms. The van der Waals surface area contributed by atoms with E-state index in [-0.39, 0.29) is 11.7 Å². The molecule has 0 aliphatic rings. The maximum Gasteiger partial charge on any atom is 0.236 e. The second-order valence-electron chi connectivity index (χ2n) is 6.54. The summed E-state index contributed by atoms with van der Waals surface area (Å²) in [6, 6.07) is 19.5. The van der Waals surface area contributed by atoms with Gasteiger partial charge in [0.15, 0.2) is 5.16 Å². The van der Waals surface area contributed by atoms with Crippen molar-refractivity contribution in [2.75, 3.05) is 11.1 Å². The SMILES string of the molecule is C=CCn1c(SCC(=O)Nc2cc(C)nn2-c2ccccc2)nc2ccccc21. The van der Waals surface area contributed by atoms with Crippen LogP contribution in [0.2, 0.25) is 0 Å². The first-order valence-electron chi connectivity index (χ1n) is 9.26. The standard InChI is InChI=1S/C22H21N5OS/c1-3-13-26-19-12-8-7-11-18(19)23-22(26)29-15-21(28)24-20-14-16(2)25-27(20)17-9-5-4-6-10-17/h3-12,14H,1,13,15H2,2H3,(H,24,28). The third-order valence-corrected chi connectivity index (χ3v) is 5.34. The third-order valence-electron chi connectivity index (χ3n) is 4.36. The molecule has 146 valence electrons. The Bertz CT molecular complexity index is 1160. The Morgan fingerprint density at radius 1 is 1.17 bits per heavy atom. The van der Waals surface area contributed by atoms with Crippen molar-refractivity contribution in [3.05, 3.63) is 79.0 Å². The van der Waals surface area contributed by atoms with E-state index in [0.29, 0.717) is 12.4 Å². The predicted molar refractivity (Wildman–Crippen MR) is 118 cm³/mol. The summed E-state index contributed by atoms with van der Waals surface area (Å²) in [5.41, 5.74) is 3.68. The number of nitrogens with zero attached hydrogens (tertiary/aromatic N) is 4. The number of carbonyl (C=O) groups is 1. The number of para-hydroxylation sites is 3. The van der Waals surface area contributed by atoms with Crippen molar-refractivity contribution in [3.8, 4) is 5.69 Å². The van der Waals surface area contributed by atoms with E-state index in [1.807, 2.05) is 73.7 Å². The zero-order chi connectivity index (χ0) is 20.2. The number of carbonyl (C=O) groups excluding carboxylic acids is 1. The first kappa shape index (κ1) is 19.0. The molecule has 1 amide bonds. The van der Waals surface area contributed by atoms with Crippen molar-refractivity contribution < 1.29 is 4.79 Å². The Kier molecular flexibility index (Phi) is 5.48. The average molecular weight is 404 g/mol. The van der Waals surface area contributed by atoms with Crippen molar-refractivity contribution >= 4 is 34.5 Å². The van der Waals surface area contributed by atoms with Crippen molar-refractivity contribution in [2.24, 2.45) is 0 Å². The molecule has 2 heterocycles. The van der Waals surface area contributed by atoms with Crippen molar-refractivity contribution in [2.45, 2.75) is 18.6 Å². The van der Waals surface area contributed by atoms with Crippen molar-refractivity contribution in [1.82, 2.24) is 19.3 Å². The van der Waals surface area contributed by atoms with E-state index in [0.717, 1.165) is 27.6 Å². The lowest BCUT2D eigenvalue weighted by Crippen LogP contribution is -2.17. The van der Waals surface area contributed by atoms with E-state index >= 15 is 0 Å². The zero-order valence-electron chi connectivity index (χ0n) is 16.1. The fourth-order valence-corrected chi connectivity index (χ4v) is 3.96. The van der Waals surface area contributed by atoms with Crippen molar-refractivity contribution in [1.29, 1.82) is 0 Å². The Balaban J connectivity index is 1.50. The summed E-state index contributed by atoms with van der Waals surface area (Å²) >= 11 is 1.41. The van der Waals surface area contributed by atoms with Crippen molar-refractivity contribution in [3.63, 3.8) is 0 Å². The third kappa shape index (κ3) is 4.09. The topological polar surface area (TPSA) is 64.7 Å². The molecule has 0 bridgehead atoms. The normalized spacial score (nSPS) is 10.9. The monoisotopic (exact) mass is 403 g/mol. The van der Waals surface area contributed by atoms with Gasteiger partial charge in [0.1, 0.15) is 5.82 Å². The van der Waals surface area contributed by atoms with Crippen LogP contribution in [0.1, 0.15) is 5.69 Å². The van der Waals surface area contributed by atoms with Gasteiger partial charge in [0, 0.05) is 12.6 Å². The van der Waals surface area contributed by atoms with E-state index in [4.69, 9.17) is 0 Å². The number of fused-ring (bicyclic) bond motifs is 1. The lowest BCUT2D eigenvalue weighted by atomic mass is 10.3. The highest BCUT2D eigenvalue weighted by atomic mass is 32.2. The van der Waals surface area contributed by atoms with Gasteiger partial charge >= 0.3 is 0 Å². The first-order valence-corrected chi connectivity index (χ1v) is 10.2. The Labute approximate surface area is 173 Å². The minimum atomic E-state index is -0.107. The molecule has 0 atom stereocenters. The van der Waals surface area contributed by atoms with E-state index in [2.05, 4.69) is 26.5 Å². The number of thioether (sulfide) groups is 1. The maximum absolute atomic E-state index is 12.6. The number of hydrogen-bond donors (Lipinski definition) is 1. The van der Waals surface area contributed by atoms with Gasteiger partial charge < -0.3 is 9.88 Å². The number of aryl methyl sites for hydroxylation is 1. The number of anilines is 1. The van der Waals surface area contributed by atoms with Gasteiger partial charge in [0.25, 0.3) is 0 Å². The van der Waals surface area contributed by atoms with Crippen LogP contribution in [-0.4, -0.2) is 31.0 Å². The quantitative estimate of drug-likeness (QED) is 0.366. The summed E-state index contributed by atoms with van der Waals surface area (Å²) < 4.78 is 3.81. The number of aromatic nitrogens is 4. The molecule has 0 unspecified atom stereocenters. The Hall–Kier alpha value is -3.32. The van der Waals surface area contributed by atoms with E-state index in [1.165, 1.54) is 11.8 Å². The van der Waals surface area contributed by atoms with Gasteiger partial charge in [-0.1, -0.05) is 48.2 Å². The molecule has 1 N–H and O–H groups in total. The van der Waals surface area contributed by atoms with E-state index < -0.39 is 0 Å². The van der Waals surface area contributed by atoms with Crippen LogP contribution >= 0.6 is 11.8 Å².